The highest BCUT2D eigenvalue weighted by Crippen LogP contribution is 2.24. The highest BCUT2D eigenvalue weighted by Gasteiger charge is 2.16. The topological polar surface area (TPSA) is 108 Å². The predicted molar refractivity (Wildman–Crippen MR) is 71.9 cm³/mol. The molecule has 1 aromatic heterocycles. The molecular weight excluding hydrogens is 266 g/mol. The summed E-state index contributed by atoms with van der Waals surface area (Å²) in [4.78, 5) is 12.0. The smallest absolute Gasteiger partial charge is 0.278 e. The van der Waals surface area contributed by atoms with Crippen molar-refractivity contribution in [1.82, 2.24) is 10.2 Å². The standard InChI is InChI=1S/C12H10ClN5O/c1-6-10(15)11(18-17-6)12(19)16-9-3-2-7(5-14)4-8(9)13/h2-4H,15H2,1H3,(H,16,19)(H,17,18). The Hall–Kier alpha value is -2.52. The highest BCUT2D eigenvalue weighted by molar-refractivity contribution is 6.34. The Morgan fingerprint density at radius 3 is 2.84 bits per heavy atom. The summed E-state index contributed by atoms with van der Waals surface area (Å²) in [6, 6.07) is 6.53. The molecule has 0 radical (unpaired) electrons. The molecule has 6 nitrogen and oxygen atoms in total. The Morgan fingerprint density at radius 1 is 1.58 bits per heavy atom. The van der Waals surface area contributed by atoms with Gasteiger partial charge in [-0.15, -0.1) is 0 Å². The molecule has 0 saturated heterocycles. The monoisotopic (exact) mass is 275 g/mol. The number of aromatic amines is 1. The summed E-state index contributed by atoms with van der Waals surface area (Å²) in [7, 11) is 0. The number of carbonyl (C=O) groups is 1. The second kappa shape index (κ2) is 5.00. The summed E-state index contributed by atoms with van der Waals surface area (Å²) in [5.74, 6) is -0.464. The van der Waals surface area contributed by atoms with E-state index >= 15 is 0 Å². The lowest BCUT2D eigenvalue weighted by molar-refractivity contribution is 0.102. The van der Waals surface area contributed by atoms with E-state index in [1.165, 1.54) is 6.07 Å². The molecule has 0 fully saturated rings. The van der Waals surface area contributed by atoms with E-state index in [9.17, 15) is 4.79 Å². The zero-order valence-corrected chi connectivity index (χ0v) is 10.7. The van der Waals surface area contributed by atoms with Gasteiger partial charge in [-0.2, -0.15) is 10.4 Å². The van der Waals surface area contributed by atoms with Crippen LogP contribution in [0.15, 0.2) is 18.2 Å². The van der Waals surface area contributed by atoms with E-state index < -0.39 is 5.91 Å². The fourth-order valence-corrected chi connectivity index (χ4v) is 1.71. The van der Waals surface area contributed by atoms with Crippen LogP contribution in [-0.4, -0.2) is 16.1 Å². The molecule has 0 saturated carbocycles. The van der Waals surface area contributed by atoms with Crippen LogP contribution in [0.2, 0.25) is 5.02 Å². The molecular formula is C12H10ClN5O. The maximum Gasteiger partial charge on any atom is 0.278 e. The molecule has 0 aliphatic carbocycles. The number of nitrogen functional groups attached to an aromatic ring is 1. The summed E-state index contributed by atoms with van der Waals surface area (Å²) in [5, 5.41) is 18.0. The molecule has 96 valence electrons. The van der Waals surface area contributed by atoms with E-state index in [1.54, 1.807) is 19.1 Å². The van der Waals surface area contributed by atoms with E-state index in [-0.39, 0.29) is 10.7 Å². The van der Waals surface area contributed by atoms with Crippen molar-refractivity contribution in [3.05, 3.63) is 40.2 Å². The largest absolute Gasteiger partial charge is 0.395 e. The van der Waals surface area contributed by atoms with Gasteiger partial charge in [0.2, 0.25) is 0 Å². The lowest BCUT2D eigenvalue weighted by Gasteiger charge is -2.06. The van der Waals surface area contributed by atoms with E-state index in [0.717, 1.165) is 0 Å². The molecule has 0 atom stereocenters. The number of aromatic nitrogens is 2. The molecule has 0 bridgehead atoms. The second-order valence-electron chi connectivity index (χ2n) is 3.87. The molecule has 1 aromatic carbocycles. The molecule has 2 aromatic rings. The van der Waals surface area contributed by atoms with Crippen molar-refractivity contribution in [2.24, 2.45) is 0 Å². The molecule has 0 aliphatic rings. The first-order valence-corrected chi connectivity index (χ1v) is 5.72. The molecule has 0 spiro atoms. The molecule has 7 heteroatoms. The number of H-pyrrole nitrogens is 1. The second-order valence-corrected chi connectivity index (χ2v) is 4.28. The van der Waals surface area contributed by atoms with Gasteiger partial charge < -0.3 is 11.1 Å². The van der Waals surface area contributed by atoms with Gasteiger partial charge in [-0.05, 0) is 25.1 Å². The van der Waals surface area contributed by atoms with Crippen molar-refractivity contribution in [3.8, 4) is 6.07 Å². The van der Waals surface area contributed by atoms with E-state index in [1.807, 2.05) is 6.07 Å². The van der Waals surface area contributed by atoms with E-state index in [0.29, 0.717) is 22.6 Å². The van der Waals surface area contributed by atoms with Crippen molar-refractivity contribution < 1.29 is 4.79 Å². The van der Waals surface area contributed by atoms with Gasteiger partial charge in [-0.25, -0.2) is 0 Å². The Labute approximate surface area is 114 Å². The number of rotatable bonds is 2. The Bertz CT molecular complexity index is 686. The third kappa shape index (κ3) is 2.51. The average Bonchev–Trinajstić information content (AvgIpc) is 2.72. The number of nitrogens with zero attached hydrogens (tertiary/aromatic N) is 2. The van der Waals surface area contributed by atoms with Crippen LogP contribution in [0.3, 0.4) is 0 Å². The van der Waals surface area contributed by atoms with Crippen molar-refractivity contribution in [2.75, 3.05) is 11.1 Å². The zero-order valence-electron chi connectivity index (χ0n) is 9.99. The van der Waals surface area contributed by atoms with Crippen LogP contribution >= 0.6 is 11.6 Å². The van der Waals surface area contributed by atoms with Crippen LogP contribution in [-0.2, 0) is 0 Å². The van der Waals surface area contributed by atoms with E-state index in [4.69, 9.17) is 22.6 Å². The van der Waals surface area contributed by atoms with Gasteiger partial charge >= 0.3 is 0 Å². The summed E-state index contributed by atoms with van der Waals surface area (Å²) < 4.78 is 0. The minimum absolute atomic E-state index is 0.109. The average molecular weight is 276 g/mol. The highest BCUT2D eigenvalue weighted by atomic mass is 35.5. The van der Waals surface area contributed by atoms with Gasteiger partial charge in [0.05, 0.1) is 33.7 Å². The third-order valence-electron chi connectivity index (χ3n) is 2.56. The normalized spacial score (nSPS) is 9.95. The Kier molecular flexibility index (Phi) is 3.40. The number of nitriles is 1. The molecule has 1 heterocycles. The van der Waals surface area contributed by atoms with Crippen LogP contribution in [0, 0.1) is 18.3 Å². The lowest BCUT2D eigenvalue weighted by atomic mass is 10.2. The fraction of sp³-hybridized carbons (Fsp3) is 0.0833. The van der Waals surface area contributed by atoms with Crippen molar-refractivity contribution in [1.29, 1.82) is 5.26 Å². The van der Waals surface area contributed by atoms with Gasteiger partial charge in [0, 0.05) is 0 Å². The summed E-state index contributed by atoms with van der Waals surface area (Å²) in [6.07, 6.45) is 0. The SMILES string of the molecule is Cc1[nH]nc(C(=O)Nc2ccc(C#N)cc2Cl)c1N. The number of nitrogens with one attached hydrogen (secondary N) is 2. The van der Waals surface area contributed by atoms with Gasteiger partial charge in [0.15, 0.2) is 5.69 Å². The number of aryl methyl sites for hydroxylation is 1. The number of carbonyl (C=O) groups excluding carboxylic acids is 1. The lowest BCUT2D eigenvalue weighted by Crippen LogP contribution is -2.14. The van der Waals surface area contributed by atoms with Crippen LogP contribution in [0.25, 0.3) is 0 Å². The predicted octanol–water partition coefficient (Wildman–Crippen LogP) is 2.08. The van der Waals surface area contributed by atoms with Crippen molar-refractivity contribution in [3.63, 3.8) is 0 Å². The van der Waals surface area contributed by atoms with Crippen LogP contribution in [0.4, 0.5) is 11.4 Å². The first-order valence-electron chi connectivity index (χ1n) is 5.34. The molecule has 19 heavy (non-hydrogen) atoms. The van der Waals surface area contributed by atoms with Crippen LogP contribution in [0.1, 0.15) is 21.7 Å². The number of anilines is 2. The summed E-state index contributed by atoms with van der Waals surface area (Å²) in [6.45, 7) is 1.72. The molecule has 1 amide bonds. The van der Waals surface area contributed by atoms with Gasteiger partial charge in [-0.3, -0.25) is 9.89 Å². The number of hydrogen-bond acceptors (Lipinski definition) is 4. The Morgan fingerprint density at radius 2 is 2.32 bits per heavy atom. The summed E-state index contributed by atoms with van der Waals surface area (Å²) >= 11 is 5.96. The molecule has 4 N–H and O–H groups in total. The number of benzene rings is 1. The molecule has 0 unspecified atom stereocenters. The van der Waals surface area contributed by atoms with Gasteiger partial charge in [0.25, 0.3) is 5.91 Å². The Balaban J connectivity index is 2.25. The van der Waals surface area contributed by atoms with Gasteiger partial charge in [-0.1, -0.05) is 11.6 Å². The minimum atomic E-state index is -0.464. The van der Waals surface area contributed by atoms with Crippen molar-refractivity contribution in [2.45, 2.75) is 6.92 Å². The third-order valence-corrected chi connectivity index (χ3v) is 2.87. The van der Waals surface area contributed by atoms with E-state index in [2.05, 4.69) is 15.5 Å². The van der Waals surface area contributed by atoms with Crippen molar-refractivity contribution >= 4 is 28.9 Å². The van der Waals surface area contributed by atoms with Gasteiger partial charge in [0.1, 0.15) is 0 Å². The molecule has 2 rings (SSSR count). The molecule has 0 aliphatic heterocycles. The number of amides is 1. The minimum Gasteiger partial charge on any atom is -0.395 e. The quantitative estimate of drug-likeness (QED) is 0.780. The first kappa shape index (κ1) is 12.9. The fourth-order valence-electron chi connectivity index (χ4n) is 1.48. The van der Waals surface area contributed by atoms with Crippen LogP contribution < -0.4 is 11.1 Å². The zero-order chi connectivity index (χ0) is 14.0. The number of hydrogen-bond donors (Lipinski definition) is 3. The summed E-state index contributed by atoms with van der Waals surface area (Å²) in [5.41, 5.74) is 7.54. The number of halogens is 1. The number of nitrogens with two attached hydrogens (primary N) is 1. The first-order chi connectivity index (χ1) is 9.02. The maximum absolute atomic E-state index is 12.0. The maximum atomic E-state index is 12.0. The van der Waals surface area contributed by atoms with Crippen LogP contribution in [0.5, 0.6) is 0 Å².